The summed E-state index contributed by atoms with van der Waals surface area (Å²) < 4.78 is 14.1. The smallest absolute Gasteiger partial charge is 0.254 e. The molecule has 6 nitrogen and oxygen atoms in total. The van der Waals surface area contributed by atoms with Crippen LogP contribution in [-0.4, -0.2) is 63.5 Å². The number of amides is 2. The molecule has 1 aromatic heterocycles. The third-order valence-corrected chi connectivity index (χ3v) is 6.45. The average Bonchev–Trinajstić information content (AvgIpc) is 2.81. The van der Waals surface area contributed by atoms with E-state index in [1.165, 1.54) is 6.07 Å². The Hall–Kier alpha value is -3.58. The first-order valence-corrected chi connectivity index (χ1v) is 10.5. The van der Waals surface area contributed by atoms with Crippen molar-refractivity contribution in [2.45, 2.75) is 18.0 Å². The summed E-state index contributed by atoms with van der Waals surface area (Å²) in [4.78, 5) is 32.9. The average molecular weight is 431 g/mol. The molecule has 162 valence electrons. The topological polar surface area (TPSA) is 73.7 Å². The lowest BCUT2D eigenvalue weighted by Gasteiger charge is -2.58. The van der Waals surface area contributed by atoms with Crippen LogP contribution < -0.4 is 0 Å². The fourth-order valence-corrected chi connectivity index (χ4v) is 4.91. The summed E-state index contributed by atoms with van der Waals surface area (Å²) in [6.07, 6.45) is 3.10. The number of halogens is 1. The number of rotatable bonds is 4. The highest BCUT2D eigenvalue weighted by molar-refractivity contribution is 5.97. The van der Waals surface area contributed by atoms with E-state index >= 15 is 0 Å². The maximum absolute atomic E-state index is 14.1. The second-order valence-corrected chi connectivity index (χ2v) is 8.17. The fraction of sp³-hybridized carbons (Fsp3) is 0.240. The molecule has 0 aliphatic carbocycles. The highest BCUT2D eigenvalue weighted by atomic mass is 19.1. The number of nitrogens with zero attached hydrogens (tertiary/aromatic N) is 3. The van der Waals surface area contributed by atoms with E-state index in [0.717, 1.165) is 11.1 Å². The van der Waals surface area contributed by atoms with Crippen LogP contribution in [0, 0.1) is 5.82 Å². The summed E-state index contributed by atoms with van der Waals surface area (Å²) in [5.74, 6) is -0.762. The number of hydrogen-bond donors (Lipinski definition) is 1. The molecule has 0 bridgehead atoms. The van der Waals surface area contributed by atoms with Gasteiger partial charge >= 0.3 is 0 Å². The predicted molar refractivity (Wildman–Crippen MR) is 116 cm³/mol. The summed E-state index contributed by atoms with van der Waals surface area (Å²) in [7, 11) is 0. The molecule has 32 heavy (non-hydrogen) atoms. The molecule has 5 rings (SSSR count). The minimum Gasteiger partial charge on any atom is -0.394 e. The Morgan fingerprint density at radius 3 is 2.47 bits per heavy atom. The quantitative estimate of drug-likeness (QED) is 0.690. The summed E-state index contributed by atoms with van der Waals surface area (Å²) in [5.41, 5.74) is 2.73. The lowest BCUT2D eigenvalue weighted by atomic mass is 9.73. The number of carbonyl (C=O) groups is 2. The highest BCUT2D eigenvalue weighted by Crippen LogP contribution is 2.43. The lowest BCUT2D eigenvalue weighted by molar-refractivity contribution is -0.159. The first-order valence-electron chi connectivity index (χ1n) is 10.5. The Morgan fingerprint density at radius 2 is 1.78 bits per heavy atom. The van der Waals surface area contributed by atoms with Crippen molar-refractivity contribution in [2.24, 2.45) is 0 Å². The molecule has 7 heteroatoms. The molecule has 2 amide bonds. The van der Waals surface area contributed by atoms with E-state index in [9.17, 15) is 19.1 Å². The van der Waals surface area contributed by atoms with E-state index in [1.54, 1.807) is 52.5 Å². The number of piperazine rings is 1. The molecule has 3 heterocycles. The molecule has 2 fully saturated rings. The van der Waals surface area contributed by atoms with E-state index in [-0.39, 0.29) is 48.8 Å². The van der Waals surface area contributed by atoms with Gasteiger partial charge in [0.1, 0.15) is 12.4 Å². The summed E-state index contributed by atoms with van der Waals surface area (Å²) in [5, 5.41) is 9.97. The summed E-state index contributed by atoms with van der Waals surface area (Å²) >= 11 is 0. The number of pyridine rings is 1. The molecule has 0 radical (unpaired) electrons. The number of aromatic nitrogens is 1. The van der Waals surface area contributed by atoms with Crippen LogP contribution in [0.15, 0.2) is 73.1 Å². The monoisotopic (exact) mass is 431 g/mol. The van der Waals surface area contributed by atoms with Crippen molar-refractivity contribution in [3.63, 3.8) is 0 Å². The van der Waals surface area contributed by atoms with Crippen molar-refractivity contribution in [1.82, 2.24) is 14.8 Å². The zero-order valence-electron chi connectivity index (χ0n) is 17.3. The second-order valence-electron chi connectivity index (χ2n) is 8.17. The van der Waals surface area contributed by atoms with E-state index in [1.807, 2.05) is 24.3 Å². The first kappa shape index (κ1) is 20.3. The van der Waals surface area contributed by atoms with Crippen LogP contribution in [0.5, 0.6) is 0 Å². The van der Waals surface area contributed by atoms with Crippen LogP contribution in [0.25, 0.3) is 11.1 Å². The van der Waals surface area contributed by atoms with Gasteiger partial charge < -0.3 is 14.9 Å². The van der Waals surface area contributed by atoms with Gasteiger partial charge in [0.25, 0.3) is 5.91 Å². The van der Waals surface area contributed by atoms with Crippen LogP contribution >= 0.6 is 0 Å². The number of fused-ring (bicyclic) bond motifs is 1. The van der Waals surface area contributed by atoms with Gasteiger partial charge in [-0.05, 0) is 29.3 Å². The molecule has 0 saturated carbocycles. The number of aliphatic hydroxyl groups excluding tert-OH is 1. The number of aliphatic hydroxyl groups is 1. The standard InChI is InChI=1S/C25H22FN3O3/c26-20-4-2-1-3-19(20)16-5-7-17(8-6-16)24-21-13-28(14-23(31)29(21)22(24)15-30)25(32)18-9-11-27-12-10-18/h1-12,21-22,24,30H,13-15H2/t21-,22+,24-/m1/s1. The second kappa shape index (κ2) is 8.16. The predicted octanol–water partition coefficient (Wildman–Crippen LogP) is 2.70. The van der Waals surface area contributed by atoms with Gasteiger partial charge in [0.2, 0.25) is 5.91 Å². The summed E-state index contributed by atoms with van der Waals surface area (Å²) in [6, 6.07) is 16.9. The maximum atomic E-state index is 14.1. The Kier molecular flexibility index (Phi) is 5.19. The zero-order valence-corrected chi connectivity index (χ0v) is 17.3. The van der Waals surface area contributed by atoms with Gasteiger partial charge in [-0.2, -0.15) is 0 Å². The van der Waals surface area contributed by atoms with Crippen LogP contribution in [-0.2, 0) is 4.79 Å². The van der Waals surface area contributed by atoms with E-state index < -0.39 is 0 Å². The normalized spacial score (nSPS) is 22.3. The Morgan fingerprint density at radius 1 is 1.06 bits per heavy atom. The molecule has 1 N–H and O–H groups in total. The van der Waals surface area contributed by atoms with Crippen LogP contribution in [0.3, 0.4) is 0 Å². The minimum atomic E-state index is -0.329. The molecule has 0 spiro atoms. The van der Waals surface area contributed by atoms with Crippen molar-refractivity contribution in [3.8, 4) is 11.1 Å². The van der Waals surface area contributed by atoms with Crippen molar-refractivity contribution in [1.29, 1.82) is 0 Å². The zero-order chi connectivity index (χ0) is 22.2. The van der Waals surface area contributed by atoms with Gasteiger partial charge in [-0.1, -0.05) is 42.5 Å². The molecule has 2 aromatic carbocycles. The first-order chi connectivity index (χ1) is 15.6. The Labute approximate surface area is 184 Å². The third-order valence-electron chi connectivity index (χ3n) is 6.45. The Bertz CT molecular complexity index is 1150. The van der Waals surface area contributed by atoms with Crippen LogP contribution in [0.2, 0.25) is 0 Å². The molecule has 2 aliphatic heterocycles. The van der Waals surface area contributed by atoms with Gasteiger partial charge in [0.05, 0.1) is 18.7 Å². The van der Waals surface area contributed by atoms with Crippen molar-refractivity contribution < 1.29 is 19.1 Å². The van der Waals surface area contributed by atoms with Gasteiger partial charge in [0.15, 0.2) is 0 Å². The minimum absolute atomic E-state index is 0.00685. The van der Waals surface area contributed by atoms with Gasteiger partial charge in [-0.25, -0.2) is 4.39 Å². The SMILES string of the molecule is O=C(c1ccncc1)N1CC(=O)N2[C@H](C1)[C@@H](c1ccc(-c3ccccc3F)cc1)[C@@H]2CO. The molecule has 3 atom stereocenters. The van der Waals surface area contributed by atoms with Gasteiger partial charge in [-0.15, -0.1) is 0 Å². The van der Waals surface area contributed by atoms with E-state index in [2.05, 4.69) is 4.98 Å². The van der Waals surface area contributed by atoms with Crippen molar-refractivity contribution >= 4 is 11.8 Å². The van der Waals surface area contributed by atoms with Crippen molar-refractivity contribution in [2.75, 3.05) is 19.7 Å². The van der Waals surface area contributed by atoms with Gasteiger partial charge in [0, 0.05) is 36.0 Å². The molecular formula is C25H22FN3O3. The van der Waals surface area contributed by atoms with Crippen LogP contribution in [0.1, 0.15) is 21.8 Å². The molecule has 2 aliphatic rings. The van der Waals surface area contributed by atoms with E-state index in [0.29, 0.717) is 17.7 Å². The largest absolute Gasteiger partial charge is 0.394 e. The Balaban J connectivity index is 1.40. The molecule has 3 aromatic rings. The van der Waals surface area contributed by atoms with Crippen molar-refractivity contribution in [3.05, 3.63) is 90.0 Å². The fourth-order valence-electron chi connectivity index (χ4n) is 4.91. The molecule has 2 saturated heterocycles. The molecule has 0 unspecified atom stereocenters. The van der Waals surface area contributed by atoms with Gasteiger partial charge in [-0.3, -0.25) is 14.6 Å². The number of hydrogen-bond acceptors (Lipinski definition) is 4. The maximum Gasteiger partial charge on any atom is 0.254 e. The summed E-state index contributed by atoms with van der Waals surface area (Å²) in [6.45, 7) is 0.233. The lowest BCUT2D eigenvalue weighted by Crippen LogP contribution is -2.73. The van der Waals surface area contributed by atoms with Crippen LogP contribution in [0.4, 0.5) is 4.39 Å². The highest BCUT2D eigenvalue weighted by Gasteiger charge is 2.54. The number of benzene rings is 2. The third kappa shape index (κ3) is 3.35. The number of carbonyl (C=O) groups excluding carboxylic acids is 2. The van der Waals surface area contributed by atoms with E-state index in [4.69, 9.17) is 0 Å². The molecular weight excluding hydrogens is 409 g/mol.